The molecule has 3 nitrogen and oxygen atoms in total. The summed E-state index contributed by atoms with van der Waals surface area (Å²) in [7, 11) is 0. The van der Waals surface area contributed by atoms with Crippen molar-refractivity contribution in [2.75, 3.05) is 5.88 Å². The minimum Gasteiger partial charge on any atom is -0.243 e. The maximum Gasteiger partial charge on any atom is 0.408 e. The van der Waals surface area contributed by atoms with Crippen LogP contribution in [0.4, 0.5) is 13.2 Å². The second kappa shape index (κ2) is 4.63. The molecule has 0 saturated heterocycles. The Morgan fingerprint density at radius 3 is 2.71 bits per heavy atom. The first-order valence-corrected chi connectivity index (χ1v) is 4.56. The smallest absolute Gasteiger partial charge is 0.243 e. The zero-order valence-electron chi connectivity index (χ0n) is 7.26. The SMILES string of the molecule is FC(F)(F)Cn1cc(CCCCl)nn1. The van der Waals surface area contributed by atoms with Crippen LogP contribution in [0.5, 0.6) is 0 Å². The van der Waals surface area contributed by atoms with Gasteiger partial charge < -0.3 is 0 Å². The molecule has 14 heavy (non-hydrogen) atoms. The van der Waals surface area contributed by atoms with Crippen LogP contribution >= 0.6 is 11.6 Å². The summed E-state index contributed by atoms with van der Waals surface area (Å²) in [6.45, 7) is -1.10. The van der Waals surface area contributed by atoms with Crippen LogP contribution in [0.2, 0.25) is 0 Å². The Labute approximate surface area is 83.9 Å². The van der Waals surface area contributed by atoms with Crippen LogP contribution in [0.3, 0.4) is 0 Å². The number of aryl methyl sites for hydroxylation is 1. The average molecular weight is 228 g/mol. The first-order valence-electron chi connectivity index (χ1n) is 4.03. The van der Waals surface area contributed by atoms with E-state index in [1.165, 1.54) is 6.20 Å². The van der Waals surface area contributed by atoms with Crippen molar-refractivity contribution in [1.29, 1.82) is 0 Å². The van der Waals surface area contributed by atoms with E-state index in [1.807, 2.05) is 0 Å². The van der Waals surface area contributed by atoms with Crippen molar-refractivity contribution in [2.45, 2.75) is 25.6 Å². The predicted molar refractivity (Wildman–Crippen MR) is 45.1 cm³/mol. The van der Waals surface area contributed by atoms with Gasteiger partial charge in [0.1, 0.15) is 6.54 Å². The van der Waals surface area contributed by atoms with Gasteiger partial charge in [-0.3, -0.25) is 0 Å². The Morgan fingerprint density at radius 2 is 2.14 bits per heavy atom. The minimum absolute atomic E-state index is 0.464. The van der Waals surface area contributed by atoms with E-state index in [9.17, 15) is 13.2 Å². The number of halogens is 4. The van der Waals surface area contributed by atoms with Gasteiger partial charge >= 0.3 is 6.18 Å². The van der Waals surface area contributed by atoms with Gasteiger partial charge in [-0.05, 0) is 12.8 Å². The number of hydrogen-bond donors (Lipinski definition) is 0. The summed E-state index contributed by atoms with van der Waals surface area (Å²) in [6, 6.07) is 0. The molecule has 1 aromatic rings. The largest absolute Gasteiger partial charge is 0.408 e. The number of aromatic nitrogens is 3. The zero-order valence-corrected chi connectivity index (χ0v) is 8.02. The first kappa shape index (κ1) is 11.3. The summed E-state index contributed by atoms with van der Waals surface area (Å²) in [5, 5.41) is 6.95. The van der Waals surface area contributed by atoms with E-state index in [0.29, 0.717) is 24.4 Å². The molecule has 0 fully saturated rings. The lowest BCUT2D eigenvalue weighted by molar-refractivity contribution is -0.142. The first-order chi connectivity index (χ1) is 6.51. The molecular formula is C7H9ClF3N3. The third-order valence-corrected chi connectivity index (χ3v) is 1.76. The summed E-state index contributed by atoms with van der Waals surface area (Å²) in [6.07, 6.45) is -1.72. The van der Waals surface area contributed by atoms with E-state index in [1.54, 1.807) is 0 Å². The van der Waals surface area contributed by atoms with E-state index < -0.39 is 12.7 Å². The molecule has 0 atom stereocenters. The lowest BCUT2D eigenvalue weighted by atomic mass is 10.3. The molecule has 0 N–H and O–H groups in total. The number of nitrogens with zero attached hydrogens (tertiary/aromatic N) is 3. The van der Waals surface area contributed by atoms with Gasteiger partial charge in [-0.2, -0.15) is 13.2 Å². The molecule has 0 aliphatic carbocycles. The number of rotatable bonds is 4. The monoisotopic (exact) mass is 227 g/mol. The van der Waals surface area contributed by atoms with E-state index in [4.69, 9.17) is 11.6 Å². The topological polar surface area (TPSA) is 30.7 Å². The van der Waals surface area contributed by atoms with Gasteiger partial charge in [-0.15, -0.1) is 16.7 Å². The van der Waals surface area contributed by atoms with E-state index >= 15 is 0 Å². The van der Waals surface area contributed by atoms with Gasteiger partial charge in [0.05, 0.1) is 5.69 Å². The van der Waals surface area contributed by atoms with Crippen LogP contribution < -0.4 is 0 Å². The van der Waals surface area contributed by atoms with E-state index in [0.717, 1.165) is 4.68 Å². The molecule has 0 amide bonds. The molecular weight excluding hydrogens is 219 g/mol. The van der Waals surface area contributed by atoms with Crippen molar-refractivity contribution in [3.8, 4) is 0 Å². The summed E-state index contributed by atoms with van der Waals surface area (Å²) in [5.74, 6) is 0.464. The van der Waals surface area contributed by atoms with E-state index in [-0.39, 0.29) is 0 Å². The molecule has 0 aliphatic rings. The van der Waals surface area contributed by atoms with Gasteiger partial charge in [0.25, 0.3) is 0 Å². The molecule has 0 spiro atoms. The standard InChI is InChI=1S/C7H9ClF3N3/c8-3-1-2-6-4-14(13-12-6)5-7(9,10)11/h4H,1-3,5H2. The van der Waals surface area contributed by atoms with Crippen LogP contribution in [0.1, 0.15) is 12.1 Å². The Bertz CT molecular complexity index is 284. The molecule has 0 bridgehead atoms. The van der Waals surface area contributed by atoms with E-state index in [2.05, 4.69) is 10.3 Å². The molecule has 0 radical (unpaired) electrons. The molecule has 0 aliphatic heterocycles. The average Bonchev–Trinajstić information content (AvgIpc) is 2.46. The summed E-state index contributed by atoms with van der Waals surface area (Å²) < 4.78 is 36.5. The highest BCUT2D eigenvalue weighted by atomic mass is 35.5. The van der Waals surface area contributed by atoms with Crippen molar-refractivity contribution >= 4 is 11.6 Å². The van der Waals surface area contributed by atoms with Gasteiger partial charge in [0.2, 0.25) is 0 Å². The van der Waals surface area contributed by atoms with Crippen molar-refractivity contribution in [3.05, 3.63) is 11.9 Å². The minimum atomic E-state index is -4.25. The lowest BCUT2D eigenvalue weighted by Crippen LogP contribution is -2.18. The Balaban J connectivity index is 2.51. The molecule has 1 rings (SSSR count). The van der Waals surface area contributed by atoms with Crippen LogP contribution in [0, 0.1) is 0 Å². The maximum atomic E-state index is 11.9. The third-order valence-electron chi connectivity index (χ3n) is 1.49. The van der Waals surface area contributed by atoms with Crippen LogP contribution in [0.15, 0.2) is 6.20 Å². The molecule has 1 aromatic heterocycles. The van der Waals surface area contributed by atoms with Crippen molar-refractivity contribution in [3.63, 3.8) is 0 Å². The van der Waals surface area contributed by atoms with Gasteiger partial charge in [-0.1, -0.05) is 5.21 Å². The fraction of sp³-hybridized carbons (Fsp3) is 0.714. The fourth-order valence-corrected chi connectivity index (χ4v) is 1.10. The zero-order chi connectivity index (χ0) is 10.6. The second-order valence-corrected chi connectivity index (χ2v) is 3.19. The van der Waals surface area contributed by atoms with Crippen molar-refractivity contribution in [1.82, 2.24) is 15.0 Å². The Hall–Kier alpha value is -0.780. The highest BCUT2D eigenvalue weighted by Gasteiger charge is 2.28. The van der Waals surface area contributed by atoms with Crippen molar-refractivity contribution < 1.29 is 13.2 Å². The summed E-state index contributed by atoms with van der Waals surface area (Å²) >= 11 is 5.43. The molecule has 7 heteroatoms. The Kier molecular flexibility index (Phi) is 3.74. The van der Waals surface area contributed by atoms with Crippen LogP contribution in [-0.2, 0) is 13.0 Å². The van der Waals surface area contributed by atoms with Gasteiger partial charge in [-0.25, -0.2) is 4.68 Å². The lowest BCUT2D eigenvalue weighted by Gasteiger charge is -2.03. The van der Waals surface area contributed by atoms with Gasteiger partial charge in [0, 0.05) is 12.1 Å². The van der Waals surface area contributed by atoms with Crippen molar-refractivity contribution in [2.24, 2.45) is 0 Å². The van der Waals surface area contributed by atoms with Crippen LogP contribution in [-0.4, -0.2) is 27.1 Å². The van der Waals surface area contributed by atoms with Crippen LogP contribution in [0.25, 0.3) is 0 Å². The molecule has 1 heterocycles. The second-order valence-electron chi connectivity index (χ2n) is 2.82. The molecule has 80 valence electrons. The highest BCUT2D eigenvalue weighted by molar-refractivity contribution is 6.17. The normalized spacial score (nSPS) is 12.0. The quantitative estimate of drug-likeness (QED) is 0.737. The predicted octanol–water partition coefficient (Wildman–Crippen LogP) is 2.01. The molecule has 0 saturated carbocycles. The number of hydrogen-bond acceptors (Lipinski definition) is 2. The highest BCUT2D eigenvalue weighted by Crippen LogP contribution is 2.16. The Morgan fingerprint density at radius 1 is 1.43 bits per heavy atom. The van der Waals surface area contributed by atoms with Gasteiger partial charge in [0.15, 0.2) is 0 Å². The number of alkyl halides is 4. The molecule has 0 unspecified atom stereocenters. The maximum absolute atomic E-state index is 11.9. The summed E-state index contributed by atoms with van der Waals surface area (Å²) in [5.41, 5.74) is 0.537. The fourth-order valence-electron chi connectivity index (χ4n) is 0.962. The molecule has 0 aromatic carbocycles. The summed E-state index contributed by atoms with van der Waals surface area (Å²) in [4.78, 5) is 0. The third kappa shape index (κ3) is 3.95.